The summed E-state index contributed by atoms with van der Waals surface area (Å²) in [4.78, 5) is 63.7. The second-order valence-corrected chi connectivity index (χ2v) is 13.4. The van der Waals surface area contributed by atoms with Crippen molar-refractivity contribution >= 4 is 58.0 Å². The van der Waals surface area contributed by atoms with Crippen LogP contribution in [-0.4, -0.2) is 71.2 Å². The summed E-state index contributed by atoms with van der Waals surface area (Å²) in [6.07, 6.45) is 2.34. The van der Waals surface area contributed by atoms with Crippen LogP contribution in [0.1, 0.15) is 75.9 Å². The summed E-state index contributed by atoms with van der Waals surface area (Å²) >= 11 is 6.27. The van der Waals surface area contributed by atoms with Crippen molar-refractivity contribution in [1.82, 2.24) is 15.5 Å². The maximum atomic E-state index is 13.3. The molecule has 4 N–H and O–H groups in total. The van der Waals surface area contributed by atoms with Gasteiger partial charge in [0, 0.05) is 31.0 Å². The number of benzene rings is 4. The second-order valence-electron chi connectivity index (χ2n) is 13.0. The number of unbranched alkanes of at least 4 members (excludes halogenated alkanes) is 1. The molecule has 0 aromatic heterocycles. The lowest BCUT2D eigenvalue weighted by molar-refractivity contribution is -0.136. The molecule has 0 spiro atoms. The highest BCUT2D eigenvalue weighted by atomic mass is 35.5. The van der Waals surface area contributed by atoms with Gasteiger partial charge in [0.1, 0.15) is 24.1 Å². The van der Waals surface area contributed by atoms with Gasteiger partial charge in [-0.1, -0.05) is 60.7 Å². The van der Waals surface area contributed by atoms with E-state index in [0.29, 0.717) is 56.1 Å². The number of aromatic hydroxyl groups is 1. The number of phenols is 1. The number of carbonyl (C=O) groups excluding carboxylic acids is 5. The lowest BCUT2D eigenvalue weighted by Crippen LogP contribution is -2.54. The maximum absolute atomic E-state index is 13.3. The molecule has 278 valence electrons. The quantitative estimate of drug-likeness (QED) is 0.0460. The van der Waals surface area contributed by atoms with Gasteiger partial charge in [0.15, 0.2) is 0 Å². The van der Waals surface area contributed by atoms with Crippen LogP contribution in [0, 0.1) is 0 Å². The third-order valence-corrected chi connectivity index (χ3v) is 9.56. The number of allylic oxidation sites excluding steroid dienone is 1. The van der Waals surface area contributed by atoms with Crippen LogP contribution in [0.4, 0.5) is 5.69 Å². The standard InChI is InChI=1S/C42H41ClN4O7/c43-23-22-32(27-7-2-1-3-8-27)38(28-12-16-30(48)17-13-28)29-14-18-31(19-15-29)54-26-25-45-36(49)11-4-5-24-44-34-10-6-9-33-39(34)42(53)47(41(33)52)35-20-21-37(50)46-40(35)51/h1-3,6-10,12-19,35,44,48H,4-5,11,20-26H2,(H,45,49)(H,46,50,51). The van der Waals surface area contributed by atoms with Crippen molar-refractivity contribution in [2.24, 2.45) is 0 Å². The van der Waals surface area contributed by atoms with Crippen molar-refractivity contribution in [2.75, 3.05) is 30.9 Å². The molecule has 2 aliphatic rings. The number of rotatable bonds is 16. The van der Waals surface area contributed by atoms with E-state index in [0.717, 1.165) is 32.7 Å². The summed E-state index contributed by atoms with van der Waals surface area (Å²) < 4.78 is 5.92. The Morgan fingerprint density at radius 2 is 1.54 bits per heavy atom. The summed E-state index contributed by atoms with van der Waals surface area (Å²) in [5.74, 6) is -1.01. The molecule has 6 rings (SSSR count). The van der Waals surface area contributed by atoms with Crippen molar-refractivity contribution in [2.45, 2.75) is 44.6 Å². The molecule has 4 aromatic carbocycles. The summed E-state index contributed by atoms with van der Waals surface area (Å²) in [6.45, 7) is 1.09. The molecule has 4 aromatic rings. The first-order valence-electron chi connectivity index (χ1n) is 18.0. The number of phenolic OH excluding ortho intramolecular Hbond substituents is 1. The first-order chi connectivity index (χ1) is 26.2. The first kappa shape index (κ1) is 37.8. The molecule has 0 bridgehead atoms. The van der Waals surface area contributed by atoms with Crippen LogP contribution in [0.5, 0.6) is 11.5 Å². The van der Waals surface area contributed by atoms with E-state index in [1.165, 1.54) is 0 Å². The number of nitrogens with one attached hydrogen (secondary N) is 3. The number of piperidine rings is 1. The van der Waals surface area contributed by atoms with E-state index in [1.54, 1.807) is 30.3 Å². The van der Waals surface area contributed by atoms with Crippen LogP contribution >= 0.6 is 11.6 Å². The zero-order valence-corrected chi connectivity index (χ0v) is 30.4. The predicted molar refractivity (Wildman–Crippen MR) is 206 cm³/mol. The number of hydrogen-bond donors (Lipinski definition) is 4. The Bertz CT molecular complexity index is 2050. The molecule has 11 nitrogen and oxygen atoms in total. The summed E-state index contributed by atoms with van der Waals surface area (Å²) in [5.41, 5.74) is 6.01. The summed E-state index contributed by atoms with van der Waals surface area (Å²) in [6, 6.07) is 28.9. The van der Waals surface area contributed by atoms with Crippen LogP contribution in [-0.2, 0) is 14.4 Å². The minimum Gasteiger partial charge on any atom is -0.508 e. The lowest BCUT2D eigenvalue weighted by Gasteiger charge is -2.27. The maximum Gasteiger partial charge on any atom is 0.264 e. The van der Waals surface area contributed by atoms with Gasteiger partial charge in [-0.2, -0.15) is 0 Å². The van der Waals surface area contributed by atoms with E-state index >= 15 is 0 Å². The van der Waals surface area contributed by atoms with Gasteiger partial charge < -0.3 is 20.5 Å². The number of hydrogen-bond acceptors (Lipinski definition) is 8. The SMILES string of the molecule is O=C(CCCCNc1cccc2c1C(=O)N(C1CCC(=O)NC1=O)C2=O)NCCOc1ccc(C(=C(CCCl)c2ccccc2)c2ccc(O)cc2)cc1. The fourth-order valence-corrected chi connectivity index (χ4v) is 6.94. The number of carbonyl (C=O) groups is 5. The minimum atomic E-state index is -1.03. The van der Waals surface area contributed by atoms with Crippen molar-refractivity contribution in [3.63, 3.8) is 0 Å². The van der Waals surface area contributed by atoms with Gasteiger partial charge in [0.05, 0.1) is 17.7 Å². The van der Waals surface area contributed by atoms with Gasteiger partial charge in [0.2, 0.25) is 17.7 Å². The van der Waals surface area contributed by atoms with Gasteiger partial charge in [-0.3, -0.25) is 34.2 Å². The predicted octanol–water partition coefficient (Wildman–Crippen LogP) is 6.16. The fraction of sp³-hybridized carbons (Fsp3) is 0.262. The Hall–Kier alpha value is -5.94. The largest absolute Gasteiger partial charge is 0.508 e. The van der Waals surface area contributed by atoms with Crippen molar-refractivity contribution in [3.05, 3.63) is 125 Å². The average molecular weight is 749 g/mol. The molecule has 54 heavy (non-hydrogen) atoms. The first-order valence-corrected chi connectivity index (χ1v) is 18.5. The number of amides is 5. The van der Waals surface area contributed by atoms with Gasteiger partial charge >= 0.3 is 0 Å². The zero-order valence-electron chi connectivity index (χ0n) is 29.6. The Labute approximate surface area is 318 Å². The fourth-order valence-electron chi connectivity index (χ4n) is 6.75. The number of nitrogens with zero attached hydrogens (tertiary/aromatic N) is 1. The zero-order chi connectivity index (χ0) is 38.0. The van der Waals surface area contributed by atoms with Crippen LogP contribution in [0.3, 0.4) is 0 Å². The molecule has 0 aliphatic carbocycles. The highest BCUT2D eigenvalue weighted by Gasteiger charge is 2.45. The van der Waals surface area contributed by atoms with E-state index in [-0.39, 0.29) is 42.2 Å². The Balaban J connectivity index is 0.960. The number of halogens is 1. The number of anilines is 1. The van der Waals surface area contributed by atoms with Crippen molar-refractivity contribution < 1.29 is 33.8 Å². The third-order valence-electron chi connectivity index (χ3n) is 9.37. The molecule has 12 heteroatoms. The molecule has 0 radical (unpaired) electrons. The van der Waals surface area contributed by atoms with Crippen LogP contribution in [0.2, 0.25) is 0 Å². The molecular weight excluding hydrogens is 708 g/mol. The monoisotopic (exact) mass is 748 g/mol. The van der Waals surface area contributed by atoms with E-state index in [9.17, 15) is 29.1 Å². The Kier molecular flexibility index (Phi) is 12.4. The summed E-state index contributed by atoms with van der Waals surface area (Å²) in [5, 5.41) is 18.2. The number of alkyl halides is 1. The van der Waals surface area contributed by atoms with Crippen molar-refractivity contribution in [1.29, 1.82) is 0 Å². The van der Waals surface area contributed by atoms with E-state index in [1.807, 2.05) is 54.6 Å². The smallest absolute Gasteiger partial charge is 0.264 e. The van der Waals surface area contributed by atoms with Gasteiger partial charge in [-0.05, 0) is 89.9 Å². The third kappa shape index (κ3) is 8.80. The number of imide groups is 2. The van der Waals surface area contributed by atoms with Crippen LogP contribution in [0.25, 0.3) is 11.1 Å². The van der Waals surface area contributed by atoms with Gasteiger partial charge in [-0.15, -0.1) is 11.6 Å². The molecule has 1 saturated heterocycles. The van der Waals surface area contributed by atoms with Gasteiger partial charge in [-0.25, -0.2) is 0 Å². The highest BCUT2D eigenvalue weighted by molar-refractivity contribution is 6.25. The Morgan fingerprint density at radius 3 is 2.24 bits per heavy atom. The van der Waals surface area contributed by atoms with E-state index in [2.05, 4.69) is 28.1 Å². The molecule has 2 heterocycles. The highest BCUT2D eigenvalue weighted by Crippen LogP contribution is 2.36. The normalized spacial score (nSPS) is 15.7. The molecule has 1 fully saturated rings. The topological polar surface area (TPSA) is 154 Å². The lowest BCUT2D eigenvalue weighted by atomic mass is 9.88. The second kappa shape index (κ2) is 17.7. The van der Waals surface area contributed by atoms with E-state index in [4.69, 9.17) is 16.3 Å². The summed E-state index contributed by atoms with van der Waals surface area (Å²) in [7, 11) is 0. The Morgan fingerprint density at radius 1 is 0.815 bits per heavy atom. The molecule has 5 amide bonds. The molecule has 1 atom stereocenters. The number of ether oxygens (including phenoxy) is 1. The average Bonchev–Trinajstić information content (AvgIpc) is 3.43. The van der Waals surface area contributed by atoms with Crippen LogP contribution < -0.4 is 20.7 Å². The van der Waals surface area contributed by atoms with E-state index < -0.39 is 29.7 Å². The minimum absolute atomic E-state index is 0.0541. The van der Waals surface area contributed by atoms with Gasteiger partial charge in [0.25, 0.3) is 11.8 Å². The number of fused-ring (bicyclic) bond motifs is 1. The van der Waals surface area contributed by atoms with Crippen LogP contribution in [0.15, 0.2) is 97.1 Å². The molecular formula is C42H41ClN4O7. The molecule has 0 saturated carbocycles. The molecule has 1 unspecified atom stereocenters. The van der Waals surface area contributed by atoms with Crippen molar-refractivity contribution in [3.8, 4) is 11.5 Å². The molecule has 2 aliphatic heterocycles.